The molecule has 2 aliphatic carbocycles. The van der Waals surface area contributed by atoms with Crippen LogP contribution in [0.4, 0.5) is 11.6 Å². The van der Waals surface area contributed by atoms with E-state index in [4.69, 9.17) is 10.5 Å². The van der Waals surface area contributed by atoms with Gasteiger partial charge in [0, 0.05) is 54.6 Å². The summed E-state index contributed by atoms with van der Waals surface area (Å²) < 4.78 is 5.47. The molecule has 3 aromatic heterocycles. The van der Waals surface area contributed by atoms with Gasteiger partial charge in [0.1, 0.15) is 11.6 Å². The van der Waals surface area contributed by atoms with E-state index in [1.165, 1.54) is 0 Å². The van der Waals surface area contributed by atoms with E-state index in [-0.39, 0.29) is 11.8 Å². The highest BCUT2D eigenvalue weighted by molar-refractivity contribution is 5.98. The fraction of sp³-hybridized carbons (Fsp3) is 0.440. The lowest BCUT2D eigenvalue weighted by atomic mass is 10.0. The molecule has 2 unspecified atom stereocenters. The molecule has 8 heteroatoms. The van der Waals surface area contributed by atoms with Crippen molar-refractivity contribution >= 4 is 28.3 Å². The standard InChI is InChI=1S/C25H28N6O2/c1-14-2-3-27-12-19(14)21-8-15-9-22(28-13-20(15)24(26)29-21)30-25(32)23-17-10-16(11-18(17)23)31-4-6-33-7-5-31/h2-3,8-9,12-13,16-18,23H,4-7,10-11H2,1H3,(H2,26,29)(H,28,30,32). The summed E-state index contributed by atoms with van der Waals surface area (Å²) in [7, 11) is 0. The number of nitrogen functional groups attached to an aromatic ring is 1. The Morgan fingerprint density at radius 2 is 1.97 bits per heavy atom. The lowest BCUT2D eigenvalue weighted by molar-refractivity contribution is -0.118. The van der Waals surface area contributed by atoms with Gasteiger partial charge >= 0.3 is 0 Å². The topological polar surface area (TPSA) is 106 Å². The van der Waals surface area contributed by atoms with Crippen molar-refractivity contribution in [3.8, 4) is 11.3 Å². The minimum Gasteiger partial charge on any atom is -0.383 e. The highest BCUT2D eigenvalue weighted by Crippen LogP contribution is 2.58. The average Bonchev–Trinajstić information content (AvgIpc) is 3.33. The van der Waals surface area contributed by atoms with Crippen molar-refractivity contribution in [3.63, 3.8) is 0 Å². The summed E-state index contributed by atoms with van der Waals surface area (Å²) in [4.78, 5) is 28.7. The van der Waals surface area contributed by atoms with E-state index in [0.717, 1.165) is 66.7 Å². The molecule has 3 fully saturated rings. The molecule has 1 aliphatic heterocycles. The second kappa shape index (κ2) is 8.04. The summed E-state index contributed by atoms with van der Waals surface area (Å²) >= 11 is 0. The van der Waals surface area contributed by atoms with Crippen molar-refractivity contribution < 1.29 is 9.53 Å². The molecule has 3 aromatic rings. The Bertz CT molecular complexity index is 1210. The van der Waals surface area contributed by atoms with Crippen molar-refractivity contribution in [3.05, 3.63) is 42.4 Å². The summed E-state index contributed by atoms with van der Waals surface area (Å²) in [5.74, 6) is 2.17. The Balaban J connectivity index is 1.17. The molecular formula is C25H28N6O2. The van der Waals surface area contributed by atoms with Crippen LogP contribution >= 0.6 is 0 Å². The summed E-state index contributed by atoms with van der Waals surface area (Å²) in [6.07, 6.45) is 7.48. The number of hydrogen-bond donors (Lipinski definition) is 2. The number of morpholine rings is 1. The van der Waals surface area contributed by atoms with Crippen LogP contribution in [0.25, 0.3) is 22.0 Å². The summed E-state index contributed by atoms with van der Waals surface area (Å²) in [5.41, 5.74) is 9.00. The van der Waals surface area contributed by atoms with Gasteiger partial charge in [-0.25, -0.2) is 9.97 Å². The maximum absolute atomic E-state index is 13.0. The van der Waals surface area contributed by atoms with E-state index < -0.39 is 0 Å². The molecule has 3 N–H and O–H groups in total. The Labute approximate surface area is 192 Å². The monoisotopic (exact) mass is 444 g/mol. The number of nitrogens with two attached hydrogens (primary N) is 1. The van der Waals surface area contributed by atoms with Crippen LogP contribution in [0.1, 0.15) is 18.4 Å². The number of aryl methyl sites for hydroxylation is 1. The minimum absolute atomic E-state index is 0.0858. The van der Waals surface area contributed by atoms with Crippen molar-refractivity contribution in [1.29, 1.82) is 0 Å². The van der Waals surface area contributed by atoms with Crippen LogP contribution in [0.15, 0.2) is 36.8 Å². The van der Waals surface area contributed by atoms with Crippen LogP contribution in [0.2, 0.25) is 0 Å². The van der Waals surface area contributed by atoms with Crippen LogP contribution < -0.4 is 11.1 Å². The minimum atomic E-state index is 0.0858. The van der Waals surface area contributed by atoms with Gasteiger partial charge in [0.15, 0.2) is 0 Å². The van der Waals surface area contributed by atoms with Crippen LogP contribution in [0, 0.1) is 24.7 Å². The quantitative estimate of drug-likeness (QED) is 0.637. The number of hydrogen-bond acceptors (Lipinski definition) is 7. The first-order chi connectivity index (χ1) is 16.1. The van der Waals surface area contributed by atoms with E-state index in [2.05, 4.69) is 25.2 Å². The zero-order chi connectivity index (χ0) is 22.5. The molecule has 170 valence electrons. The van der Waals surface area contributed by atoms with Crippen molar-refractivity contribution in [2.24, 2.45) is 17.8 Å². The second-order valence-corrected chi connectivity index (χ2v) is 9.49. The van der Waals surface area contributed by atoms with Crippen molar-refractivity contribution in [1.82, 2.24) is 19.9 Å². The maximum Gasteiger partial charge on any atom is 0.229 e. The van der Waals surface area contributed by atoms with Gasteiger partial charge in [-0.2, -0.15) is 0 Å². The maximum atomic E-state index is 13.0. The van der Waals surface area contributed by atoms with E-state index in [0.29, 0.717) is 29.5 Å². The van der Waals surface area contributed by atoms with Gasteiger partial charge in [-0.05, 0) is 60.7 Å². The molecule has 8 nitrogen and oxygen atoms in total. The summed E-state index contributed by atoms with van der Waals surface area (Å²) in [6.45, 7) is 5.70. The van der Waals surface area contributed by atoms with Gasteiger partial charge in [-0.15, -0.1) is 0 Å². The Morgan fingerprint density at radius 1 is 1.18 bits per heavy atom. The fourth-order valence-corrected chi connectivity index (χ4v) is 5.76. The van der Waals surface area contributed by atoms with E-state index in [9.17, 15) is 4.79 Å². The van der Waals surface area contributed by atoms with Gasteiger partial charge in [-0.3, -0.25) is 14.7 Å². The first-order valence-electron chi connectivity index (χ1n) is 11.7. The molecule has 6 rings (SSSR count). The molecule has 4 heterocycles. The molecule has 0 bridgehead atoms. The number of rotatable bonds is 4. The number of ether oxygens (including phenoxy) is 1. The Morgan fingerprint density at radius 3 is 2.73 bits per heavy atom. The number of nitrogens with zero attached hydrogens (tertiary/aromatic N) is 4. The van der Waals surface area contributed by atoms with Gasteiger partial charge < -0.3 is 15.8 Å². The van der Waals surface area contributed by atoms with Gasteiger partial charge in [0.05, 0.1) is 18.9 Å². The Hall–Kier alpha value is -3.10. The first kappa shape index (κ1) is 20.5. The molecule has 3 aliphatic rings. The van der Waals surface area contributed by atoms with Crippen LogP contribution in [-0.2, 0) is 9.53 Å². The van der Waals surface area contributed by atoms with Crippen LogP contribution in [0.5, 0.6) is 0 Å². The molecular weight excluding hydrogens is 416 g/mol. The first-order valence-corrected chi connectivity index (χ1v) is 11.7. The average molecular weight is 445 g/mol. The number of pyridine rings is 3. The zero-order valence-corrected chi connectivity index (χ0v) is 18.7. The third-order valence-electron chi connectivity index (χ3n) is 7.60. The smallest absolute Gasteiger partial charge is 0.229 e. The van der Waals surface area contributed by atoms with E-state index in [1.807, 2.05) is 25.1 Å². The third kappa shape index (κ3) is 3.73. The highest BCUT2D eigenvalue weighted by Gasteiger charge is 2.60. The SMILES string of the molecule is Cc1ccncc1-c1cc2cc(NC(=O)C3C4CC(N5CCOCC5)CC43)ncc2c(N)n1. The predicted octanol–water partition coefficient (Wildman–Crippen LogP) is 2.88. The normalized spacial score (nSPS) is 26.8. The summed E-state index contributed by atoms with van der Waals surface area (Å²) in [6, 6.07) is 6.42. The number of anilines is 2. The largest absolute Gasteiger partial charge is 0.383 e. The number of aromatic nitrogens is 3. The van der Waals surface area contributed by atoms with E-state index >= 15 is 0 Å². The molecule has 33 heavy (non-hydrogen) atoms. The molecule has 0 aromatic carbocycles. The molecule has 2 saturated carbocycles. The number of carbonyl (C=O) groups is 1. The molecule has 0 spiro atoms. The molecule has 2 atom stereocenters. The molecule has 1 saturated heterocycles. The summed E-state index contributed by atoms with van der Waals surface area (Å²) in [5, 5.41) is 4.72. The number of fused-ring (bicyclic) bond motifs is 2. The van der Waals surface area contributed by atoms with Gasteiger partial charge in [0.25, 0.3) is 0 Å². The second-order valence-electron chi connectivity index (χ2n) is 9.49. The Kier molecular flexibility index (Phi) is 4.99. The highest BCUT2D eigenvalue weighted by atomic mass is 16.5. The number of amides is 1. The third-order valence-corrected chi connectivity index (χ3v) is 7.60. The van der Waals surface area contributed by atoms with Crippen molar-refractivity contribution in [2.75, 3.05) is 37.4 Å². The van der Waals surface area contributed by atoms with E-state index in [1.54, 1.807) is 18.6 Å². The van der Waals surface area contributed by atoms with Gasteiger partial charge in [0.2, 0.25) is 5.91 Å². The van der Waals surface area contributed by atoms with Crippen molar-refractivity contribution in [2.45, 2.75) is 25.8 Å². The lowest BCUT2D eigenvalue weighted by Crippen LogP contribution is -2.43. The predicted molar refractivity (Wildman–Crippen MR) is 126 cm³/mol. The van der Waals surface area contributed by atoms with Gasteiger partial charge in [-0.1, -0.05) is 0 Å². The van der Waals surface area contributed by atoms with Crippen LogP contribution in [-0.4, -0.2) is 58.1 Å². The fourth-order valence-electron chi connectivity index (χ4n) is 5.76. The number of nitrogens with one attached hydrogen (secondary N) is 1. The van der Waals surface area contributed by atoms with Crippen LogP contribution in [0.3, 0.4) is 0 Å². The molecule has 0 radical (unpaired) electrons. The zero-order valence-electron chi connectivity index (χ0n) is 18.7. The lowest BCUT2D eigenvalue weighted by Gasteiger charge is -2.33. The number of carbonyl (C=O) groups excluding carboxylic acids is 1. The molecule has 1 amide bonds.